The van der Waals surface area contributed by atoms with Gasteiger partial charge in [0.15, 0.2) is 0 Å². The van der Waals surface area contributed by atoms with Crippen molar-refractivity contribution >= 4 is 26.0 Å². The van der Waals surface area contributed by atoms with Crippen molar-refractivity contribution < 1.29 is 8.42 Å². The Bertz CT molecular complexity index is 574. The van der Waals surface area contributed by atoms with Crippen LogP contribution in [0.1, 0.15) is 19.4 Å². The van der Waals surface area contributed by atoms with E-state index in [-0.39, 0.29) is 12.1 Å². The second-order valence-corrected chi connectivity index (χ2v) is 7.75. The fraction of sp³-hybridized carbons (Fsp3) is 0.538. The molecule has 1 heterocycles. The van der Waals surface area contributed by atoms with Crippen LogP contribution in [0.25, 0.3) is 0 Å². The average Bonchev–Trinajstić information content (AvgIpc) is 2.35. The van der Waals surface area contributed by atoms with Crippen molar-refractivity contribution in [3.63, 3.8) is 0 Å². The summed E-state index contributed by atoms with van der Waals surface area (Å²) in [4.78, 5) is 0.355. The van der Waals surface area contributed by atoms with Crippen molar-refractivity contribution in [1.82, 2.24) is 9.62 Å². The Morgan fingerprint density at radius 1 is 1.37 bits per heavy atom. The molecule has 2 atom stereocenters. The van der Waals surface area contributed by atoms with Crippen LogP contribution in [0.15, 0.2) is 27.6 Å². The first-order valence-electron chi connectivity index (χ1n) is 6.35. The van der Waals surface area contributed by atoms with Gasteiger partial charge in [0, 0.05) is 29.6 Å². The number of hydrogen-bond donors (Lipinski definition) is 1. The number of piperazine rings is 1. The molecule has 0 spiro atoms. The number of hydrogen-bond acceptors (Lipinski definition) is 3. The van der Waals surface area contributed by atoms with Crippen LogP contribution in [0.2, 0.25) is 0 Å². The van der Waals surface area contributed by atoms with E-state index in [1.165, 1.54) is 0 Å². The first-order chi connectivity index (χ1) is 8.84. The van der Waals surface area contributed by atoms with Crippen LogP contribution in [0, 0.1) is 6.92 Å². The van der Waals surface area contributed by atoms with E-state index in [2.05, 4.69) is 21.2 Å². The fourth-order valence-corrected chi connectivity index (χ4v) is 5.01. The van der Waals surface area contributed by atoms with Gasteiger partial charge >= 0.3 is 0 Å². The zero-order valence-electron chi connectivity index (χ0n) is 11.4. The van der Waals surface area contributed by atoms with Crippen LogP contribution < -0.4 is 5.32 Å². The fourth-order valence-electron chi connectivity index (χ4n) is 2.30. The van der Waals surface area contributed by atoms with E-state index in [1.807, 2.05) is 26.8 Å². The lowest BCUT2D eigenvalue weighted by atomic mass is 10.1. The zero-order valence-corrected chi connectivity index (χ0v) is 13.8. The third-order valence-electron chi connectivity index (χ3n) is 3.65. The van der Waals surface area contributed by atoms with Gasteiger partial charge in [-0.15, -0.1) is 0 Å². The lowest BCUT2D eigenvalue weighted by Crippen LogP contribution is -2.57. The van der Waals surface area contributed by atoms with Gasteiger partial charge in [-0.25, -0.2) is 8.42 Å². The van der Waals surface area contributed by atoms with Crippen molar-refractivity contribution in [2.75, 3.05) is 13.1 Å². The Morgan fingerprint density at radius 3 is 2.74 bits per heavy atom. The second kappa shape index (κ2) is 5.52. The van der Waals surface area contributed by atoms with E-state index >= 15 is 0 Å². The highest BCUT2D eigenvalue weighted by molar-refractivity contribution is 9.10. The van der Waals surface area contributed by atoms with Gasteiger partial charge in [0.1, 0.15) is 0 Å². The topological polar surface area (TPSA) is 49.4 Å². The molecule has 19 heavy (non-hydrogen) atoms. The molecule has 0 amide bonds. The molecule has 1 aromatic rings. The molecule has 106 valence electrons. The van der Waals surface area contributed by atoms with Crippen molar-refractivity contribution in [3.8, 4) is 0 Å². The second-order valence-electron chi connectivity index (χ2n) is 5.03. The largest absolute Gasteiger partial charge is 0.311 e. The van der Waals surface area contributed by atoms with Gasteiger partial charge in [-0.2, -0.15) is 4.31 Å². The van der Waals surface area contributed by atoms with Crippen LogP contribution in [-0.2, 0) is 10.0 Å². The SMILES string of the molecule is Cc1ccc(Br)c(S(=O)(=O)N2CCNC(C)C2C)c1. The van der Waals surface area contributed by atoms with Gasteiger partial charge in [-0.3, -0.25) is 0 Å². The average molecular weight is 347 g/mol. The number of aryl methyl sites for hydroxylation is 1. The number of rotatable bonds is 2. The van der Waals surface area contributed by atoms with Crippen molar-refractivity contribution in [2.45, 2.75) is 37.8 Å². The van der Waals surface area contributed by atoms with E-state index in [9.17, 15) is 8.42 Å². The number of benzene rings is 1. The number of sulfonamides is 1. The Kier molecular flexibility index (Phi) is 4.35. The molecule has 0 aromatic heterocycles. The molecule has 4 nitrogen and oxygen atoms in total. The molecule has 1 fully saturated rings. The van der Waals surface area contributed by atoms with Crippen LogP contribution >= 0.6 is 15.9 Å². The van der Waals surface area contributed by atoms with E-state index < -0.39 is 10.0 Å². The quantitative estimate of drug-likeness (QED) is 0.892. The Labute approximate surface area is 123 Å². The van der Waals surface area contributed by atoms with Gasteiger partial charge in [0.05, 0.1) is 4.90 Å². The zero-order chi connectivity index (χ0) is 14.2. The summed E-state index contributed by atoms with van der Waals surface area (Å²) >= 11 is 3.35. The Balaban J connectivity index is 2.44. The van der Waals surface area contributed by atoms with Crippen LogP contribution in [0.4, 0.5) is 0 Å². The lowest BCUT2D eigenvalue weighted by molar-refractivity contribution is 0.232. The predicted octanol–water partition coefficient (Wildman–Crippen LogP) is 2.13. The molecule has 0 aliphatic carbocycles. The standard InChI is InChI=1S/C13H19BrN2O2S/c1-9-4-5-12(14)13(8-9)19(17,18)16-7-6-15-10(2)11(16)3/h4-5,8,10-11,15H,6-7H2,1-3H3. The van der Waals surface area contributed by atoms with E-state index in [1.54, 1.807) is 16.4 Å². The molecule has 0 saturated carbocycles. The third kappa shape index (κ3) is 2.86. The molecule has 1 N–H and O–H groups in total. The maximum atomic E-state index is 12.8. The summed E-state index contributed by atoms with van der Waals surface area (Å²) in [5.74, 6) is 0. The van der Waals surface area contributed by atoms with Gasteiger partial charge < -0.3 is 5.32 Å². The summed E-state index contributed by atoms with van der Waals surface area (Å²) in [5.41, 5.74) is 0.942. The predicted molar refractivity (Wildman–Crippen MR) is 79.7 cm³/mol. The summed E-state index contributed by atoms with van der Waals surface area (Å²) < 4.78 is 27.8. The van der Waals surface area contributed by atoms with Gasteiger partial charge in [0.25, 0.3) is 0 Å². The molecule has 0 bridgehead atoms. The molecule has 2 unspecified atom stereocenters. The minimum atomic E-state index is -3.45. The molecular formula is C13H19BrN2O2S. The minimum Gasteiger partial charge on any atom is -0.311 e. The van der Waals surface area contributed by atoms with E-state index in [4.69, 9.17) is 0 Å². The normalized spacial score (nSPS) is 25.5. The van der Waals surface area contributed by atoms with Crippen molar-refractivity contribution in [2.24, 2.45) is 0 Å². The summed E-state index contributed by atoms with van der Waals surface area (Å²) in [6.45, 7) is 7.05. The highest BCUT2D eigenvalue weighted by Gasteiger charge is 2.35. The van der Waals surface area contributed by atoms with Crippen molar-refractivity contribution in [3.05, 3.63) is 28.2 Å². The maximum absolute atomic E-state index is 12.8. The molecule has 1 aliphatic rings. The minimum absolute atomic E-state index is 0.0498. The smallest absolute Gasteiger partial charge is 0.244 e. The molecule has 2 rings (SSSR count). The van der Waals surface area contributed by atoms with E-state index in [0.717, 1.165) is 5.56 Å². The van der Waals surface area contributed by atoms with Crippen LogP contribution in [-0.4, -0.2) is 37.9 Å². The van der Waals surface area contributed by atoms with Crippen LogP contribution in [0.5, 0.6) is 0 Å². The number of halogens is 1. The summed E-state index contributed by atoms with van der Waals surface area (Å²) in [6, 6.07) is 5.52. The first kappa shape index (κ1) is 15.0. The Morgan fingerprint density at radius 2 is 2.05 bits per heavy atom. The number of nitrogens with zero attached hydrogens (tertiary/aromatic N) is 1. The molecule has 1 aliphatic heterocycles. The summed E-state index contributed by atoms with van der Waals surface area (Å²) in [5, 5.41) is 3.29. The molecule has 0 radical (unpaired) electrons. The number of nitrogens with one attached hydrogen (secondary N) is 1. The molecular weight excluding hydrogens is 328 g/mol. The maximum Gasteiger partial charge on any atom is 0.244 e. The Hall–Kier alpha value is -0.430. The monoisotopic (exact) mass is 346 g/mol. The molecule has 1 aromatic carbocycles. The highest BCUT2D eigenvalue weighted by Crippen LogP contribution is 2.28. The van der Waals surface area contributed by atoms with Gasteiger partial charge in [0.2, 0.25) is 10.0 Å². The summed E-state index contributed by atoms with van der Waals surface area (Å²) in [6.07, 6.45) is 0. The molecule has 1 saturated heterocycles. The molecule has 6 heteroatoms. The van der Waals surface area contributed by atoms with Crippen LogP contribution in [0.3, 0.4) is 0 Å². The highest BCUT2D eigenvalue weighted by atomic mass is 79.9. The van der Waals surface area contributed by atoms with Crippen molar-refractivity contribution in [1.29, 1.82) is 0 Å². The van der Waals surface area contributed by atoms with Gasteiger partial charge in [-0.1, -0.05) is 6.07 Å². The third-order valence-corrected chi connectivity index (χ3v) is 6.63. The first-order valence-corrected chi connectivity index (χ1v) is 8.58. The summed E-state index contributed by atoms with van der Waals surface area (Å²) in [7, 11) is -3.45. The van der Waals surface area contributed by atoms with E-state index in [0.29, 0.717) is 22.5 Å². The lowest BCUT2D eigenvalue weighted by Gasteiger charge is -2.37. The van der Waals surface area contributed by atoms with Gasteiger partial charge in [-0.05, 0) is 54.4 Å².